The highest BCUT2D eigenvalue weighted by atomic mass is 32.2. The molecule has 0 unspecified atom stereocenters. The highest BCUT2D eigenvalue weighted by Crippen LogP contribution is 2.30. The Morgan fingerprint density at radius 3 is 2.38 bits per heavy atom. The molecular formula is C21H28N2O5S. The Kier molecular flexibility index (Phi) is 7.64. The van der Waals surface area contributed by atoms with Gasteiger partial charge in [0.05, 0.1) is 23.8 Å². The molecule has 29 heavy (non-hydrogen) atoms. The van der Waals surface area contributed by atoms with E-state index in [2.05, 4.69) is 5.32 Å². The number of rotatable bonds is 9. The van der Waals surface area contributed by atoms with Crippen LogP contribution in [0.4, 0.5) is 5.69 Å². The first-order chi connectivity index (χ1) is 13.7. The minimum atomic E-state index is -3.67. The standard InChI is InChI=1S/C21H28N2O5S/c1-6-23(7-2)29(25,26)18-11-12-20(28-15(3)4)19(14-18)22-21(24)16-9-8-10-17(13-16)27-5/h8-15H,6-7H2,1-5H3,(H,22,24). The molecule has 1 amide bonds. The van der Waals surface area contributed by atoms with Gasteiger partial charge < -0.3 is 14.8 Å². The molecular weight excluding hydrogens is 392 g/mol. The van der Waals surface area contributed by atoms with E-state index in [0.717, 1.165) is 0 Å². The highest BCUT2D eigenvalue weighted by Gasteiger charge is 2.23. The fourth-order valence-corrected chi connectivity index (χ4v) is 4.28. The zero-order chi connectivity index (χ0) is 21.6. The van der Waals surface area contributed by atoms with E-state index in [-0.39, 0.29) is 11.0 Å². The second-order valence-electron chi connectivity index (χ2n) is 6.60. The molecule has 7 nitrogen and oxygen atoms in total. The van der Waals surface area contributed by atoms with Crippen molar-refractivity contribution in [3.63, 3.8) is 0 Å². The Morgan fingerprint density at radius 1 is 1.10 bits per heavy atom. The van der Waals surface area contributed by atoms with E-state index >= 15 is 0 Å². The van der Waals surface area contributed by atoms with Crippen LogP contribution in [-0.2, 0) is 10.0 Å². The summed E-state index contributed by atoms with van der Waals surface area (Å²) in [5.74, 6) is 0.554. The van der Waals surface area contributed by atoms with E-state index in [1.165, 1.54) is 23.5 Å². The maximum atomic E-state index is 12.9. The predicted octanol–water partition coefficient (Wildman–Crippen LogP) is 3.77. The van der Waals surface area contributed by atoms with E-state index in [0.29, 0.717) is 35.8 Å². The van der Waals surface area contributed by atoms with Crippen LogP contribution in [0.1, 0.15) is 38.1 Å². The van der Waals surface area contributed by atoms with Gasteiger partial charge in [-0.15, -0.1) is 0 Å². The van der Waals surface area contributed by atoms with Crippen LogP contribution in [0.15, 0.2) is 47.4 Å². The number of hydrogen-bond donors (Lipinski definition) is 1. The Morgan fingerprint density at radius 2 is 1.79 bits per heavy atom. The SMILES string of the molecule is CCN(CC)S(=O)(=O)c1ccc(OC(C)C)c(NC(=O)c2cccc(OC)c2)c1. The number of hydrogen-bond acceptors (Lipinski definition) is 5. The van der Waals surface area contributed by atoms with Crippen LogP contribution < -0.4 is 14.8 Å². The normalized spacial score (nSPS) is 11.6. The van der Waals surface area contributed by atoms with Gasteiger partial charge in [-0.3, -0.25) is 4.79 Å². The third-order valence-electron chi connectivity index (χ3n) is 4.24. The van der Waals surface area contributed by atoms with Gasteiger partial charge in [0.2, 0.25) is 10.0 Å². The van der Waals surface area contributed by atoms with Crippen LogP contribution in [0, 0.1) is 0 Å². The Hall–Kier alpha value is -2.58. The van der Waals surface area contributed by atoms with E-state index in [1.54, 1.807) is 44.2 Å². The number of amides is 1. The largest absolute Gasteiger partial charge is 0.497 e. The number of nitrogens with one attached hydrogen (secondary N) is 1. The van der Waals surface area contributed by atoms with Crippen molar-refractivity contribution in [3.8, 4) is 11.5 Å². The van der Waals surface area contributed by atoms with Gasteiger partial charge in [-0.1, -0.05) is 19.9 Å². The molecule has 0 fully saturated rings. The van der Waals surface area contributed by atoms with Gasteiger partial charge in [-0.2, -0.15) is 4.31 Å². The number of ether oxygens (including phenoxy) is 2. The Balaban J connectivity index is 2.45. The molecule has 158 valence electrons. The van der Waals surface area contributed by atoms with Gasteiger partial charge in [0, 0.05) is 18.7 Å². The van der Waals surface area contributed by atoms with E-state index in [4.69, 9.17) is 9.47 Å². The van der Waals surface area contributed by atoms with Crippen molar-refractivity contribution < 1.29 is 22.7 Å². The second-order valence-corrected chi connectivity index (χ2v) is 8.54. The van der Waals surface area contributed by atoms with Crippen LogP contribution in [0.25, 0.3) is 0 Å². The van der Waals surface area contributed by atoms with Crippen molar-refractivity contribution in [2.75, 3.05) is 25.5 Å². The fourth-order valence-electron chi connectivity index (χ4n) is 2.80. The van der Waals surface area contributed by atoms with Gasteiger partial charge in [0.1, 0.15) is 11.5 Å². The number of carbonyl (C=O) groups excluding carboxylic acids is 1. The third kappa shape index (κ3) is 5.48. The van der Waals surface area contributed by atoms with E-state index < -0.39 is 15.9 Å². The van der Waals surface area contributed by atoms with Gasteiger partial charge in [-0.05, 0) is 50.2 Å². The maximum Gasteiger partial charge on any atom is 0.255 e. The molecule has 1 N–H and O–H groups in total. The fraction of sp³-hybridized carbons (Fsp3) is 0.381. The average Bonchev–Trinajstić information content (AvgIpc) is 2.69. The Bertz CT molecular complexity index is 953. The number of benzene rings is 2. The summed E-state index contributed by atoms with van der Waals surface area (Å²) < 4.78 is 38.0. The minimum Gasteiger partial charge on any atom is -0.497 e. The minimum absolute atomic E-state index is 0.0956. The molecule has 2 aromatic rings. The molecule has 2 rings (SSSR count). The van der Waals surface area contributed by atoms with Crippen molar-refractivity contribution in [1.82, 2.24) is 4.31 Å². The predicted molar refractivity (Wildman–Crippen MR) is 113 cm³/mol. The van der Waals surface area contributed by atoms with Crippen LogP contribution in [-0.4, -0.2) is 44.9 Å². The molecule has 0 radical (unpaired) electrons. The summed E-state index contributed by atoms with van der Waals surface area (Å²) in [6.07, 6.45) is -0.146. The van der Waals surface area contributed by atoms with Gasteiger partial charge in [0.15, 0.2) is 0 Å². The van der Waals surface area contributed by atoms with E-state index in [9.17, 15) is 13.2 Å². The molecule has 0 aliphatic rings. The number of nitrogens with zero attached hydrogens (tertiary/aromatic N) is 1. The van der Waals surface area contributed by atoms with Crippen molar-refractivity contribution in [2.24, 2.45) is 0 Å². The zero-order valence-electron chi connectivity index (χ0n) is 17.4. The molecule has 8 heteroatoms. The van der Waals surface area contributed by atoms with E-state index in [1.807, 2.05) is 13.8 Å². The quantitative estimate of drug-likeness (QED) is 0.668. The molecule has 2 aromatic carbocycles. The molecule has 0 saturated carbocycles. The first-order valence-corrected chi connectivity index (χ1v) is 10.9. The highest BCUT2D eigenvalue weighted by molar-refractivity contribution is 7.89. The van der Waals surface area contributed by atoms with Crippen molar-refractivity contribution >= 4 is 21.6 Å². The first-order valence-electron chi connectivity index (χ1n) is 9.49. The van der Waals surface area contributed by atoms with Gasteiger partial charge in [-0.25, -0.2) is 8.42 Å². The lowest BCUT2D eigenvalue weighted by Gasteiger charge is -2.20. The molecule has 0 aromatic heterocycles. The monoisotopic (exact) mass is 420 g/mol. The summed E-state index contributed by atoms with van der Waals surface area (Å²) in [7, 11) is -2.15. The van der Waals surface area contributed by atoms with Crippen LogP contribution >= 0.6 is 0 Å². The summed E-state index contributed by atoms with van der Waals surface area (Å²) in [5.41, 5.74) is 0.677. The first kappa shape index (κ1) is 22.7. The Labute approximate surface area is 172 Å². The lowest BCUT2D eigenvalue weighted by molar-refractivity contribution is 0.102. The molecule has 0 aliphatic heterocycles. The zero-order valence-corrected chi connectivity index (χ0v) is 18.2. The lowest BCUT2D eigenvalue weighted by atomic mass is 10.2. The smallest absolute Gasteiger partial charge is 0.255 e. The number of carbonyl (C=O) groups is 1. The molecule has 0 spiro atoms. The molecule has 0 aliphatic carbocycles. The second kappa shape index (κ2) is 9.76. The molecule has 0 atom stereocenters. The summed E-state index contributed by atoms with van der Waals surface area (Å²) in [6, 6.07) is 11.2. The molecule has 0 bridgehead atoms. The van der Waals surface area contributed by atoms with Crippen LogP contribution in [0.2, 0.25) is 0 Å². The molecule has 0 heterocycles. The van der Waals surface area contributed by atoms with Gasteiger partial charge in [0.25, 0.3) is 5.91 Å². The number of anilines is 1. The molecule has 0 saturated heterocycles. The average molecular weight is 421 g/mol. The van der Waals surface area contributed by atoms with Crippen LogP contribution in [0.3, 0.4) is 0 Å². The van der Waals surface area contributed by atoms with Crippen LogP contribution in [0.5, 0.6) is 11.5 Å². The summed E-state index contributed by atoms with van der Waals surface area (Å²) in [6.45, 7) is 7.98. The maximum absolute atomic E-state index is 12.9. The summed E-state index contributed by atoms with van der Waals surface area (Å²) in [5, 5.41) is 2.77. The summed E-state index contributed by atoms with van der Waals surface area (Å²) >= 11 is 0. The van der Waals surface area contributed by atoms with Crippen molar-refractivity contribution in [2.45, 2.75) is 38.7 Å². The third-order valence-corrected chi connectivity index (χ3v) is 6.28. The van der Waals surface area contributed by atoms with Crippen molar-refractivity contribution in [3.05, 3.63) is 48.0 Å². The lowest BCUT2D eigenvalue weighted by Crippen LogP contribution is -2.30. The topological polar surface area (TPSA) is 84.9 Å². The van der Waals surface area contributed by atoms with Gasteiger partial charge >= 0.3 is 0 Å². The van der Waals surface area contributed by atoms with Crippen molar-refractivity contribution in [1.29, 1.82) is 0 Å². The summed E-state index contributed by atoms with van der Waals surface area (Å²) in [4.78, 5) is 12.8. The number of methoxy groups -OCH3 is 1. The number of sulfonamides is 1.